The van der Waals surface area contributed by atoms with Gasteiger partial charge in [-0.15, -0.1) is 6.58 Å². The highest BCUT2D eigenvalue weighted by molar-refractivity contribution is 7.89. The molecule has 6 nitrogen and oxygen atoms in total. The van der Waals surface area contributed by atoms with E-state index in [4.69, 9.17) is 0 Å². The number of benzene rings is 1. The average molecular weight is 387 g/mol. The molecule has 0 aliphatic rings. The van der Waals surface area contributed by atoms with E-state index in [1.54, 1.807) is 19.1 Å². The molecular weight excluding hydrogens is 371 g/mol. The zero-order valence-corrected chi connectivity index (χ0v) is 14.3. The molecule has 11 heteroatoms. The van der Waals surface area contributed by atoms with Crippen molar-refractivity contribution in [2.75, 3.05) is 19.7 Å². The highest BCUT2D eigenvalue weighted by atomic mass is 32.2. The Balaban J connectivity index is 2.91. The maximum atomic E-state index is 12.4. The van der Waals surface area contributed by atoms with Crippen molar-refractivity contribution in [3.8, 4) is 0 Å². The van der Waals surface area contributed by atoms with Crippen LogP contribution in [0, 0.1) is 6.92 Å². The molecule has 0 unspecified atom stereocenters. The predicted octanol–water partition coefficient (Wildman–Crippen LogP) is 2.04. The van der Waals surface area contributed by atoms with Crippen molar-refractivity contribution in [2.45, 2.75) is 17.3 Å². The molecular formula is C13H16F3NO5S2. The van der Waals surface area contributed by atoms with Crippen LogP contribution in [0.3, 0.4) is 0 Å². The molecule has 1 aromatic rings. The molecule has 1 rings (SSSR count). The third-order valence-electron chi connectivity index (χ3n) is 2.85. The fourth-order valence-corrected chi connectivity index (χ4v) is 3.45. The number of hydrogen-bond donors (Lipinski definition) is 0. The van der Waals surface area contributed by atoms with Crippen LogP contribution in [0.15, 0.2) is 41.8 Å². The van der Waals surface area contributed by atoms with Gasteiger partial charge in [0.1, 0.15) is 0 Å². The summed E-state index contributed by atoms with van der Waals surface area (Å²) >= 11 is 0. The SMILES string of the molecule is C=CCN(CCOS(=O)(=O)C(F)(F)F)S(=O)(=O)c1ccc(C)cc1. The Morgan fingerprint density at radius 3 is 2.17 bits per heavy atom. The Morgan fingerprint density at radius 1 is 1.17 bits per heavy atom. The first kappa shape index (κ1) is 20.6. The predicted molar refractivity (Wildman–Crippen MR) is 81.1 cm³/mol. The van der Waals surface area contributed by atoms with Crippen LogP contribution in [0.5, 0.6) is 0 Å². The van der Waals surface area contributed by atoms with Crippen molar-refractivity contribution < 1.29 is 34.2 Å². The van der Waals surface area contributed by atoms with Gasteiger partial charge in [0, 0.05) is 13.1 Å². The fourth-order valence-electron chi connectivity index (χ4n) is 1.63. The van der Waals surface area contributed by atoms with E-state index in [0.29, 0.717) is 0 Å². The molecule has 0 aliphatic carbocycles. The quantitative estimate of drug-likeness (QED) is 0.387. The number of rotatable bonds is 8. The van der Waals surface area contributed by atoms with Gasteiger partial charge in [0.15, 0.2) is 0 Å². The van der Waals surface area contributed by atoms with Gasteiger partial charge in [0.25, 0.3) is 0 Å². The summed E-state index contributed by atoms with van der Waals surface area (Å²) in [6.45, 7) is 3.36. The Hall–Kier alpha value is -1.43. The molecule has 24 heavy (non-hydrogen) atoms. The van der Waals surface area contributed by atoms with Crippen LogP contribution in [0.2, 0.25) is 0 Å². The molecule has 0 saturated carbocycles. The van der Waals surface area contributed by atoms with Crippen LogP contribution in [0.25, 0.3) is 0 Å². The first-order valence-electron chi connectivity index (χ1n) is 6.55. The second-order valence-electron chi connectivity index (χ2n) is 4.69. The van der Waals surface area contributed by atoms with Gasteiger partial charge in [-0.2, -0.15) is 25.9 Å². The Kier molecular flexibility index (Phi) is 6.56. The van der Waals surface area contributed by atoms with Crippen LogP contribution in [-0.2, 0) is 24.3 Å². The van der Waals surface area contributed by atoms with E-state index in [2.05, 4.69) is 10.8 Å². The van der Waals surface area contributed by atoms with Gasteiger partial charge < -0.3 is 0 Å². The molecule has 0 saturated heterocycles. The van der Waals surface area contributed by atoms with Crippen LogP contribution >= 0.6 is 0 Å². The maximum Gasteiger partial charge on any atom is 0.523 e. The Morgan fingerprint density at radius 2 is 1.71 bits per heavy atom. The van der Waals surface area contributed by atoms with Crippen LogP contribution < -0.4 is 0 Å². The minimum Gasteiger partial charge on any atom is -0.262 e. The second kappa shape index (κ2) is 7.64. The molecule has 0 bridgehead atoms. The molecule has 136 valence electrons. The number of alkyl halides is 3. The zero-order chi connectivity index (χ0) is 18.6. The molecule has 0 atom stereocenters. The number of aryl methyl sites for hydroxylation is 1. The third-order valence-corrected chi connectivity index (χ3v) is 5.78. The van der Waals surface area contributed by atoms with Gasteiger partial charge in [0.05, 0.1) is 11.5 Å². The average Bonchev–Trinajstić information content (AvgIpc) is 2.45. The summed E-state index contributed by atoms with van der Waals surface area (Å²) < 4.78 is 87.6. The van der Waals surface area contributed by atoms with E-state index in [-0.39, 0.29) is 11.4 Å². The van der Waals surface area contributed by atoms with Crippen molar-refractivity contribution in [1.29, 1.82) is 0 Å². The number of sulfonamides is 1. The first-order valence-corrected chi connectivity index (χ1v) is 9.40. The lowest BCUT2D eigenvalue weighted by atomic mass is 10.2. The monoisotopic (exact) mass is 387 g/mol. The van der Waals surface area contributed by atoms with Crippen LogP contribution in [0.4, 0.5) is 13.2 Å². The van der Waals surface area contributed by atoms with E-state index in [1.807, 2.05) is 0 Å². The van der Waals surface area contributed by atoms with Gasteiger partial charge in [-0.1, -0.05) is 23.8 Å². The number of halogens is 3. The number of hydrogen-bond acceptors (Lipinski definition) is 5. The van der Waals surface area contributed by atoms with E-state index >= 15 is 0 Å². The summed E-state index contributed by atoms with van der Waals surface area (Å²) in [5, 5.41) is 0. The zero-order valence-electron chi connectivity index (χ0n) is 12.7. The summed E-state index contributed by atoms with van der Waals surface area (Å²) in [5.74, 6) is 0. The maximum absolute atomic E-state index is 12.4. The lowest BCUT2D eigenvalue weighted by molar-refractivity contribution is -0.0543. The van der Waals surface area contributed by atoms with E-state index in [0.717, 1.165) is 9.87 Å². The van der Waals surface area contributed by atoms with Gasteiger partial charge in [-0.25, -0.2) is 8.42 Å². The summed E-state index contributed by atoms with van der Waals surface area (Å²) in [6, 6.07) is 5.80. The highest BCUT2D eigenvalue weighted by Gasteiger charge is 2.47. The van der Waals surface area contributed by atoms with E-state index < -0.39 is 38.8 Å². The molecule has 0 N–H and O–H groups in total. The van der Waals surface area contributed by atoms with Crippen LogP contribution in [-0.4, -0.2) is 46.3 Å². The van der Waals surface area contributed by atoms with Crippen molar-refractivity contribution in [3.63, 3.8) is 0 Å². The van der Waals surface area contributed by atoms with Crippen molar-refractivity contribution in [3.05, 3.63) is 42.5 Å². The van der Waals surface area contributed by atoms with Gasteiger partial charge >= 0.3 is 15.6 Å². The molecule has 0 aromatic heterocycles. The van der Waals surface area contributed by atoms with E-state index in [9.17, 15) is 30.0 Å². The van der Waals surface area contributed by atoms with Crippen molar-refractivity contribution in [2.24, 2.45) is 0 Å². The van der Waals surface area contributed by atoms with E-state index in [1.165, 1.54) is 18.2 Å². The smallest absolute Gasteiger partial charge is 0.262 e. The third kappa shape index (κ3) is 5.03. The lowest BCUT2D eigenvalue weighted by Crippen LogP contribution is -2.36. The largest absolute Gasteiger partial charge is 0.523 e. The second-order valence-corrected chi connectivity index (χ2v) is 8.23. The topological polar surface area (TPSA) is 80.8 Å². The van der Waals surface area contributed by atoms with Crippen molar-refractivity contribution in [1.82, 2.24) is 4.31 Å². The summed E-state index contributed by atoms with van der Waals surface area (Å²) in [5.41, 5.74) is -4.74. The van der Waals surface area contributed by atoms with Crippen LogP contribution in [0.1, 0.15) is 5.56 Å². The summed E-state index contributed by atoms with van der Waals surface area (Å²) in [4.78, 5) is -0.0753. The Labute approximate surface area is 138 Å². The molecule has 1 aromatic carbocycles. The van der Waals surface area contributed by atoms with Crippen molar-refractivity contribution >= 4 is 20.1 Å². The minimum absolute atomic E-state index is 0.0753. The fraction of sp³-hybridized carbons (Fsp3) is 0.385. The number of nitrogens with zero attached hydrogens (tertiary/aromatic N) is 1. The normalized spacial score (nSPS) is 13.2. The molecule has 0 aliphatic heterocycles. The van der Waals surface area contributed by atoms with Gasteiger partial charge in [-0.05, 0) is 19.1 Å². The molecule has 0 radical (unpaired) electrons. The standard InChI is InChI=1S/C13H16F3NO5S2/c1-3-8-17(9-10-22-24(20,21)13(14,15)16)23(18,19)12-6-4-11(2)5-7-12/h3-7H,1,8-10H2,2H3. The lowest BCUT2D eigenvalue weighted by Gasteiger charge is -2.20. The summed E-state index contributed by atoms with van der Waals surface area (Å²) in [6.07, 6.45) is 1.23. The molecule has 0 spiro atoms. The molecule has 0 heterocycles. The minimum atomic E-state index is -5.77. The molecule has 0 amide bonds. The highest BCUT2D eigenvalue weighted by Crippen LogP contribution is 2.24. The summed E-state index contributed by atoms with van der Waals surface area (Å²) in [7, 11) is -9.80. The first-order chi connectivity index (χ1) is 10.9. The Bertz CT molecular complexity index is 771. The van der Waals surface area contributed by atoms with Gasteiger partial charge in [0.2, 0.25) is 10.0 Å². The molecule has 0 fully saturated rings. The van der Waals surface area contributed by atoms with Gasteiger partial charge in [-0.3, -0.25) is 4.18 Å².